The summed E-state index contributed by atoms with van der Waals surface area (Å²) in [6.07, 6.45) is 5.50. The average Bonchev–Trinajstić information content (AvgIpc) is 2.74. The summed E-state index contributed by atoms with van der Waals surface area (Å²) in [5, 5.41) is 8.88. The van der Waals surface area contributed by atoms with Gasteiger partial charge in [0, 0.05) is 6.20 Å². The first-order chi connectivity index (χ1) is 7.45. The molecule has 0 fully saturated rings. The van der Waals surface area contributed by atoms with E-state index in [-0.39, 0.29) is 0 Å². The van der Waals surface area contributed by atoms with Crippen molar-refractivity contribution in [2.75, 3.05) is 0 Å². The Morgan fingerprint density at radius 2 is 1.87 bits per heavy atom. The molecular formula is C12H9N3. The molecule has 2 heterocycles. The van der Waals surface area contributed by atoms with E-state index in [4.69, 9.17) is 0 Å². The van der Waals surface area contributed by atoms with Crippen molar-refractivity contribution in [3.8, 4) is 5.69 Å². The number of rotatable bonds is 1. The maximum atomic E-state index is 3.88. The zero-order chi connectivity index (χ0) is 10.1. The molecule has 0 aliphatic heterocycles. The summed E-state index contributed by atoms with van der Waals surface area (Å²) in [7, 11) is 0. The number of fused-ring (bicyclic) bond motifs is 1. The van der Waals surface area contributed by atoms with Gasteiger partial charge in [0.15, 0.2) is 0 Å². The molecule has 0 radical (unpaired) electrons. The summed E-state index contributed by atoms with van der Waals surface area (Å²) < 4.78 is 2.10. The first-order valence-electron chi connectivity index (χ1n) is 4.78. The minimum absolute atomic E-state index is 1.03. The van der Waals surface area contributed by atoms with Crippen LogP contribution in [0.25, 0.3) is 16.6 Å². The van der Waals surface area contributed by atoms with Gasteiger partial charge in [0.25, 0.3) is 0 Å². The summed E-state index contributed by atoms with van der Waals surface area (Å²) in [5.74, 6) is 0. The van der Waals surface area contributed by atoms with E-state index in [1.807, 2.05) is 24.4 Å². The SMILES string of the molecule is c1ccc2c(c1)ccn2-c1ccnnc1. The Kier molecular flexibility index (Phi) is 1.75. The van der Waals surface area contributed by atoms with Gasteiger partial charge in [0.2, 0.25) is 0 Å². The number of hydrogen-bond acceptors (Lipinski definition) is 2. The van der Waals surface area contributed by atoms with Gasteiger partial charge in [0.1, 0.15) is 0 Å². The first kappa shape index (κ1) is 8.17. The van der Waals surface area contributed by atoms with Gasteiger partial charge in [-0.3, -0.25) is 0 Å². The van der Waals surface area contributed by atoms with Crippen LogP contribution < -0.4 is 0 Å². The lowest BCUT2D eigenvalue weighted by Crippen LogP contribution is -1.92. The predicted molar refractivity (Wildman–Crippen MR) is 58.9 cm³/mol. The maximum Gasteiger partial charge on any atom is 0.0736 e. The third kappa shape index (κ3) is 1.29. The lowest BCUT2D eigenvalue weighted by Gasteiger charge is -2.02. The van der Waals surface area contributed by atoms with Crippen molar-refractivity contribution >= 4 is 10.9 Å². The summed E-state index contributed by atoms with van der Waals surface area (Å²) in [4.78, 5) is 0. The number of hydrogen-bond donors (Lipinski definition) is 0. The maximum absolute atomic E-state index is 3.88. The molecule has 0 N–H and O–H groups in total. The Labute approximate surface area is 87.0 Å². The molecular weight excluding hydrogens is 186 g/mol. The van der Waals surface area contributed by atoms with Crippen molar-refractivity contribution < 1.29 is 0 Å². The molecule has 0 amide bonds. The van der Waals surface area contributed by atoms with Crippen LogP contribution >= 0.6 is 0 Å². The molecule has 3 nitrogen and oxygen atoms in total. The Hall–Kier alpha value is -2.16. The fourth-order valence-electron chi connectivity index (χ4n) is 1.73. The molecule has 0 unspecified atom stereocenters. The van der Waals surface area contributed by atoms with E-state index >= 15 is 0 Å². The lowest BCUT2D eigenvalue weighted by molar-refractivity contribution is 0.990. The molecule has 0 aliphatic rings. The summed E-state index contributed by atoms with van der Waals surface area (Å²) in [6, 6.07) is 12.3. The predicted octanol–water partition coefficient (Wildman–Crippen LogP) is 2.42. The van der Waals surface area contributed by atoms with Crippen LogP contribution in [0, 0.1) is 0 Å². The van der Waals surface area contributed by atoms with Crippen LogP contribution in [0.4, 0.5) is 0 Å². The second kappa shape index (κ2) is 3.20. The molecule has 3 heteroatoms. The van der Waals surface area contributed by atoms with Gasteiger partial charge in [-0.15, -0.1) is 0 Å². The lowest BCUT2D eigenvalue weighted by atomic mass is 10.2. The molecule has 0 saturated carbocycles. The fraction of sp³-hybridized carbons (Fsp3) is 0. The molecule has 0 atom stereocenters. The first-order valence-corrected chi connectivity index (χ1v) is 4.78. The van der Waals surface area contributed by atoms with E-state index in [0.29, 0.717) is 0 Å². The zero-order valence-corrected chi connectivity index (χ0v) is 8.04. The molecule has 15 heavy (non-hydrogen) atoms. The van der Waals surface area contributed by atoms with E-state index in [2.05, 4.69) is 33.0 Å². The van der Waals surface area contributed by atoms with Crippen LogP contribution in [0.15, 0.2) is 55.0 Å². The van der Waals surface area contributed by atoms with E-state index < -0.39 is 0 Å². The highest BCUT2D eigenvalue weighted by atomic mass is 15.1. The monoisotopic (exact) mass is 195 g/mol. The number of aromatic nitrogens is 3. The molecule has 3 rings (SSSR count). The summed E-state index contributed by atoms with van der Waals surface area (Å²) >= 11 is 0. The van der Waals surface area contributed by atoms with Gasteiger partial charge in [-0.2, -0.15) is 10.2 Å². The second-order valence-electron chi connectivity index (χ2n) is 3.35. The Bertz CT molecular complexity index is 584. The Morgan fingerprint density at radius 3 is 2.73 bits per heavy atom. The van der Waals surface area contributed by atoms with Gasteiger partial charge >= 0.3 is 0 Å². The second-order valence-corrected chi connectivity index (χ2v) is 3.35. The van der Waals surface area contributed by atoms with Crippen LogP contribution in [-0.4, -0.2) is 14.8 Å². The smallest absolute Gasteiger partial charge is 0.0736 e. The number of benzene rings is 1. The quantitative estimate of drug-likeness (QED) is 0.597. The van der Waals surface area contributed by atoms with Crippen LogP contribution in [0.2, 0.25) is 0 Å². The summed E-state index contributed by atoms with van der Waals surface area (Å²) in [5.41, 5.74) is 2.22. The molecule has 1 aromatic carbocycles. The van der Waals surface area contributed by atoms with Crippen molar-refractivity contribution in [2.24, 2.45) is 0 Å². The minimum Gasteiger partial charge on any atom is -0.315 e. The largest absolute Gasteiger partial charge is 0.315 e. The number of nitrogens with zero attached hydrogens (tertiary/aromatic N) is 3. The van der Waals surface area contributed by atoms with Gasteiger partial charge in [-0.05, 0) is 23.6 Å². The Morgan fingerprint density at radius 1 is 0.933 bits per heavy atom. The molecule has 3 aromatic rings. The highest BCUT2D eigenvalue weighted by Crippen LogP contribution is 2.18. The zero-order valence-electron chi connectivity index (χ0n) is 8.04. The van der Waals surface area contributed by atoms with E-state index in [0.717, 1.165) is 5.69 Å². The third-order valence-electron chi connectivity index (χ3n) is 2.45. The van der Waals surface area contributed by atoms with Crippen molar-refractivity contribution in [2.45, 2.75) is 0 Å². The van der Waals surface area contributed by atoms with Crippen LogP contribution in [0.1, 0.15) is 0 Å². The minimum atomic E-state index is 1.03. The van der Waals surface area contributed by atoms with Crippen LogP contribution in [-0.2, 0) is 0 Å². The molecule has 0 bridgehead atoms. The third-order valence-corrected chi connectivity index (χ3v) is 2.45. The van der Waals surface area contributed by atoms with Gasteiger partial charge in [0.05, 0.1) is 23.6 Å². The van der Waals surface area contributed by atoms with Crippen molar-refractivity contribution in [3.63, 3.8) is 0 Å². The molecule has 72 valence electrons. The Balaban J connectivity index is 2.28. The van der Waals surface area contributed by atoms with Gasteiger partial charge in [-0.25, -0.2) is 0 Å². The van der Waals surface area contributed by atoms with Crippen molar-refractivity contribution in [3.05, 3.63) is 55.0 Å². The van der Waals surface area contributed by atoms with E-state index in [1.165, 1.54) is 10.9 Å². The summed E-state index contributed by atoms with van der Waals surface area (Å²) in [6.45, 7) is 0. The molecule has 0 saturated heterocycles. The van der Waals surface area contributed by atoms with E-state index in [1.54, 1.807) is 12.4 Å². The topological polar surface area (TPSA) is 30.7 Å². The highest BCUT2D eigenvalue weighted by Gasteiger charge is 2.01. The fourth-order valence-corrected chi connectivity index (χ4v) is 1.73. The van der Waals surface area contributed by atoms with Crippen LogP contribution in [0.5, 0.6) is 0 Å². The molecule has 0 spiro atoms. The van der Waals surface area contributed by atoms with Gasteiger partial charge in [-0.1, -0.05) is 18.2 Å². The van der Waals surface area contributed by atoms with Crippen molar-refractivity contribution in [1.29, 1.82) is 0 Å². The standard InChI is InChI=1S/C12H9N3/c1-2-4-12-10(3-1)6-8-15(12)11-5-7-13-14-9-11/h1-9H. The average molecular weight is 195 g/mol. The normalized spacial score (nSPS) is 10.7. The van der Waals surface area contributed by atoms with Crippen molar-refractivity contribution in [1.82, 2.24) is 14.8 Å². The highest BCUT2D eigenvalue weighted by molar-refractivity contribution is 5.81. The van der Waals surface area contributed by atoms with Gasteiger partial charge < -0.3 is 4.57 Å². The number of para-hydroxylation sites is 1. The van der Waals surface area contributed by atoms with Crippen LogP contribution in [0.3, 0.4) is 0 Å². The molecule has 0 aliphatic carbocycles. The molecule has 2 aromatic heterocycles. The van der Waals surface area contributed by atoms with E-state index in [9.17, 15) is 0 Å².